The SMILES string of the molecule is CCCN(CCC)C(=O)c1ccnc(N2CCC3(CC2)OCCO3)n1. The molecule has 1 aromatic rings. The van der Waals surface area contributed by atoms with Gasteiger partial charge in [0, 0.05) is 45.2 Å². The Morgan fingerprint density at radius 1 is 1.20 bits per heavy atom. The molecule has 1 amide bonds. The van der Waals surface area contributed by atoms with E-state index >= 15 is 0 Å². The number of ether oxygens (including phenoxy) is 2. The van der Waals surface area contributed by atoms with Crippen LogP contribution in [0.5, 0.6) is 0 Å². The zero-order chi connectivity index (χ0) is 17.7. The van der Waals surface area contributed by atoms with Crippen molar-refractivity contribution in [2.75, 3.05) is 44.3 Å². The summed E-state index contributed by atoms with van der Waals surface area (Å²) in [4.78, 5) is 25.6. The molecule has 2 aliphatic rings. The number of piperidine rings is 1. The molecule has 7 nitrogen and oxygen atoms in total. The minimum Gasteiger partial charge on any atom is -0.347 e. The fourth-order valence-electron chi connectivity index (χ4n) is 3.47. The maximum absolute atomic E-state index is 12.7. The van der Waals surface area contributed by atoms with Gasteiger partial charge in [-0.15, -0.1) is 0 Å². The van der Waals surface area contributed by atoms with Gasteiger partial charge in [-0.1, -0.05) is 13.8 Å². The fourth-order valence-corrected chi connectivity index (χ4v) is 3.47. The number of hydrogen-bond donors (Lipinski definition) is 0. The first-order chi connectivity index (χ1) is 12.2. The minimum absolute atomic E-state index is 0.0108. The van der Waals surface area contributed by atoms with Gasteiger partial charge in [0.05, 0.1) is 13.2 Å². The molecule has 0 radical (unpaired) electrons. The van der Waals surface area contributed by atoms with E-state index < -0.39 is 5.79 Å². The summed E-state index contributed by atoms with van der Waals surface area (Å²) in [7, 11) is 0. The van der Waals surface area contributed by atoms with Gasteiger partial charge in [0.1, 0.15) is 5.69 Å². The number of aromatic nitrogens is 2. The number of nitrogens with zero attached hydrogens (tertiary/aromatic N) is 4. The maximum atomic E-state index is 12.7. The maximum Gasteiger partial charge on any atom is 0.272 e. The fraction of sp³-hybridized carbons (Fsp3) is 0.722. The molecular formula is C18H28N4O3. The highest BCUT2D eigenvalue weighted by atomic mass is 16.7. The number of amides is 1. The third kappa shape index (κ3) is 4.10. The van der Waals surface area contributed by atoms with E-state index in [0.717, 1.165) is 51.9 Å². The Bertz CT molecular complexity index is 573. The molecule has 2 aliphatic heterocycles. The molecule has 0 aromatic carbocycles. The Morgan fingerprint density at radius 3 is 2.44 bits per heavy atom. The van der Waals surface area contributed by atoms with Gasteiger partial charge in [-0.05, 0) is 18.9 Å². The van der Waals surface area contributed by atoms with Crippen LogP contribution in [0.3, 0.4) is 0 Å². The third-order valence-electron chi connectivity index (χ3n) is 4.76. The molecule has 3 heterocycles. The van der Waals surface area contributed by atoms with E-state index in [4.69, 9.17) is 9.47 Å². The van der Waals surface area contributed by atoms with Crippen molar-refractivity contribution in [1.82, 2.24) is 14.9 Å². The number of anilines is 1. The second-order valence-corrected chi connectivity index (χ2v) is 6.63. The van der Waals surface area contributed by atoms with Gasteiger partial charge in [-0.2, -0.15) is 0 Å². The van der Waals surface area contributed by atoms with Crippen molar-refractivity contribution in [3.63, 3.8) is 0 Å². The molecule has 25 heavy (non-hydrogen) atoms. The minimum atomic E-state index is -0.414. The average molecular weight is 348 g/mol. The summed E-state index contributed by atoms with van der Waals surface area (Å²) in [6, 6.07) is 1.71. The van der Waals surface area contributed by atoms with Crippen LogP contribution in [-0.2, 0) is 9.47 Å². The summed E-state index contributed by atoms with van der Waals surface area (Å²) < 4.78 is 11.5. The molecule has 0 N–H and O–H groups in total. The van der Waals surface area contributed by atoms with Gasteiger partial charge in [0.2, 0.25) is 5.95 Å². The van der Waals surface area contributed by atoms with Crippen LogP contribution in [0, 0.1) is 0 Å². The molecule has 0 saturated carbocycles. The summed E-state index contributed by atoms with van der Waals surface area (Å²) >= 11 is 0. The van der Waals surface area contributed by atoms with Crippen molar-refractivity contribution < 1.29 is 14.3 Å². The summed E-state index contributed by atoms with van der Waals surface area (Å²) in [5.74, 6) is 0.193. The van der Waals surface area contributed by atoms with Crippen molar-refractivity contribution in [3.05, 3.63) is 18.0 Å². The van der Waals surface area contributed by atoms with Crippen LogP contribution < -0.4 is 4.90 Å². The molecule has 7 heteroatoms. The van der Waals surface area contributed by atoms with Crippen LogP contribution in [0.2, 0.25) is 0 Å². The smallest absolute Gasteiger partial charge is 0.272 e. The van der Waals surface area contributed by atoms with Gasteiger partial charge >= 0.3 is 0 Å². The van der Waals surface area contributed by atoms with Crippen LogP contribution in [0.1, 0.15) is 50.0 Å². The Balaban J connectivity index is 1.68. The summed E-state index contributed by atoms with van der Waals surface area (Å²) in [5.41, 5.74) is 0.473. The topological polar surface area (TPSA) is 67.8 Å². The highest BCUT2D eigenvalue weighted by Crippen LogP contribution is 2.32. The molecule has 1 aromatic heterocycles. The second kappa shape index (κ2) is 8.10. The van der Waals surface area contributed by atoms with Crippen LogP contribution in [0.15, 0.2) is 12.3 Å². The van der Waals surface area contributed by atoms with Crippen molar-refractivity contribution in [1.29, 1.82) is 0 Å². The molecule has 3 rings (SSSR count). The molecule has 2 fully saturated rings. The van der Waals surface area contributed by atoms with Crippen molar-refractivity contribution in [3.8, 4) is 0 Å². The van der Waals surface area contributed by atoms with Crippen molar-refractivity contribution in [2.45, 2.75) is 45.3 Å². The summed E-state index contributed by atoms with van der Waals surface area (Å²) in [6.07, 6.45) is 5.16. The lowest BCUT2D eigenvalue weighted by molar-refractivity contribution is -0.169. The highest BCUT2D eigenvalue weighted by Gasteiger charge is 2.40. The summed E-state index contributed by atoms with van der Waals surface area (Å²) in [6.45, 7) is 8.56. The normalized spacial score (nSPS) is 19.4. The lowest BCUT2D eigenvalue weighted by Gasteiger charge is -2.37. The van der Waals surface area contributed by atoms with Gasteiger partial charge in [-0.3, -0.25) is 4.79 Å². The lowest BCUT2D eigenvalue weighted by atomic mass is 10.0. The van der Waals surface area contributed by atoms with Crippen molar-refractivity contribution >= 4 is 11.9 Å². The van der Waals surface area contributed by atoms with Gasteiger partial charge in [-0.25, -0.2) is 9.97 Å². The molecule has 0 aliphatic carbocycles. The van der Waals surface area contributed by atoms with E-state index in [2.05, 4.69) is 28.7 Å². The first kappa shape index (κ1) is 18.1. The van der Waals surface area contributed by atoms with E-state index in [1.165, 1.54) is 0 Å². The second-order valence-electron chi connectivity index (χ2n) is 6.63. The van der Waals surface area contributed by atoms with E-state index in [9.17, 15) is 4.79 Å². The Hall–Kier alpha value is -1.73. The van der Waals surface area contributed by atoms with Crippen molar-refractivity contribution in [2.24, 2.45) is 0 Å². The van der Waals surface area contributed by atoms with Crippen LogP contribution in [-0.4, -0.2) is 66.0 Å². The van der Waals surface area contributed by atoms with Gasteiger partial charge < -0.3 is 19.3 Å². The predicted molar refractivity (Wildman–Crippen MR) is 94.6 cm³/mol. The lowest BCUT2D eigenvalue weighted by Crippen LogP contribution is -2.45. The largest absolute Gasteiger partial charge is 0.347 e. The van der Waals surface area contributed by atoms with E-state index in [1.54, 1.807) is 12.3 Å². The molecular weight excluding hydrogens is 320 g/mol. The third-order valence-corrected chi connectivity index (χ3v) is 4.76. The molecule has 1 spiro atoms. The van der Waals surface area contributed by atoms with E-state index in [-0.39, 0.29) is 5.91 Å². The Morgan fingerprint density at radius 2 is 1.84 bits per heavy atom. The zero-order valence-electron chi connectivity index (χ0n) is 15.2. The predicted octanol–water partition coefficient (Wildman–Crippen LogP) is 2.08. The molecule has 2 saturated heterocycles. The molecule has 0 unspecified atom stereocenters. The first-order valence-electron chi connectivity index (χ1n) is 9.32. The standard InChI is InChI=1S/C18H28N4O3/c1-3-9-21(10-4-2)16(23)15-5-8-19-17(20-15)22-11-6-18(7-12-22)24-13-14-25-18/h5,8H,3-4,6-7,9-14H2,1-2H3. The monoisotopic (exact) mass is 348 g/mol. The quantitative estimate of drug-likeness (QED) is 0.784. The van der Waals surface area contributed by atoms with Gasteiger partial charge in [0.15, 0.2) is 5.79 Å². The first-order valence-corrected chi connectivity index (χ1v) is 9.32. The number of carbonyl (C=O) groups excluding carboxylic acids is 1. The van der Waals surface area contributed by atoms with E-state index in [0.29, 0.717) is 24.9 Å². The molecule has 0 bridgehead atoms. The van der Waals surface area contributed by atoms with Crippen LogP contribution >= 0.6 is 0 Å². The average Bonchev–Trinajstić information content (AvgIpc) is 3.10. The number of carbonyl (C=O) groups is 1. The van der Waals surface area contributed by atoms with E-state index in [1.807, 2.05) is 4.90 Å². The Labute approximate surface area is 149 Å². The Kier molecular flexibility index (Phi) is 5.86. The summed E-state index contributed by atoms with van der Waals surface area (Å²) in [5, 5.41) is 0. The number of hydrogen-bond acceptors (Lipinski definition) is 6. The zero-order valence-corrected chi connectivity index (χ0v) is 15.2. The highest BCUT2D eigenvalue weighted by molar-refractivity contribution is 5.92. The molecule has 138 valence electrons. The number of rotatable bonds is 6. The van der Waals surface area contributed by atoms with Crippen LogP contribution in [0.25, 0.3) is 0 Å². The molecule has 0 atom stereocenters. The van der Waals surface area contributed by atoms with Crippen LogP contribution in [0.4, 0.5) is 5.95 Å². The van der Waals surface area contributed by atoms with Gasteiger partial charge in [0.25, 0.3) is 5.91 Å².